The van der Waals surface area contributed by atoms with E-state index in [1.165, 1.54) is 0 Å². The Hall–Kier alpha value is -3.13. The van der Waals surface area contributed by atoms with E-state index in [0.29, 0.717) is 12.2 Å². The van der Waals surface area contributed by atoms with E-state index in [4.69, 9.17) is 21.4 Å². The van der Waals surface area contributed by atoms with E-state index in [9.17, 15) is 4.79 Å². The number of hydrogen-bond acceptors (Lipinski definition) is 6. The SMILES string of the molecule is CCCCCOc1ccc(NC(=S)NC(=O)c2cc3c(N(C)C)nccc3o2)cc1. The molecule has 3 aromatic rings. The molecule has 0 aliphatic heterocycles. The van der Waals surface area contributed by atoms with Crippen LogP contribution in [0.1, 0.15) is 36.7 Å². The first-order chi connectivity index (χ1) is 14.5. The number of nitrogens with zero attached hydrogens (tertiary/aromatic N) is 2. The zero-order valence-electron chi connectivity index (χ0n) is 17.4. The van der Waals surface area contributed by atoms with Crippen molar-refractivity contribution in [1.82, 2.24) is 10.3 Å². The van der Waals surface area contributed by atoms with Crippen LogP contribution in [0.3, 0.4) is 0 Å². The highest BCUT2D eigenvalue weighted by Gasteiger charge is 2.16. The van der Waals surface area contributed by atoms with Gasteiger partial charge in [0.25, 0.3) is 5.91 Å². The van der Waals surface area contributed by atoms with Crippen molar-refractivity contribution >= 4 is 45.7 Å². The first-order valence-corrected chi connectivity index (χ1v) is 10.3. The third kappa shape index (κ3) is 5.48. The second kappa shape index (κ2) is 10.1. The Balaban J connectivity index is 1.57. The van der Waals surface area contributed by atoms with E-state index in [1.54, 1.807) is 18.3 Å². The monoisotopic (exact) mass is 426 g/mol. The summed E-state index contributed by atoms with van der Waals surface area (Å²) in [6.45, 7) is 2.87. The Bertz CT molecular complexity index is 1010. The van der Waals surface area contributed by atoms with Crippen molar-refractivity contribution in [3.05, 3.63) is 48.4 Å². The summed E-state index contributed by atoms with van der Waals surface area (Å²) in [5.74, 6) is 1.28. The molecule has 0 radical (unpaired) electrons. The van der Waals surface area contributed by atoms with Crippen LogP contribution in [0, 0.1) is 0 Å². The fourth-order valence-electron chi connectivity index (χ4n) is 2.92. The van der Waals surface area contributed by atoms with Crippen LogP contribution < -0.4 is 20.3 Å². The zero-order valence-corrected chi connectivity index (χ0v) is 18.2. The van der Waals surface area contributed by atoms with Gasteiger partial charge < -0.3 is 19.4 Å². The minimum atomic E-state index is -0.427. The summed E-state index contributed by atoms with van der Waals surface area (Å²) in [6.07, 6.45) is 5.01. The van der Waals surface area contributed by atoms with Gasteiger partial charge in [-0.05, 0) is 49.0 Å². The van der Waals surface area contributed by atoms with Crippen molar-refractivity contribution in [2.75, 3.05) is 30.9 Å². The Morgan fingerprint density at radius 2 is 1.97 bits per heavy atom. The van der Waals surface area contributed by atoms with Crippen LogP contribution in [0.25, 0.3) is 11.0 Å². The molecule has 0 saturated heterocycles. The van der Waals surface area contributed by atoms with E-state index < -0.39 is 5.91 Å². The molecule has 1 aromatic carbocycles. The molecule has 8 heteroatoms. The highest BCUT2D eigenvalue weighted by molar-refractivity contribution is 7.80. The number of furan rings is 1. The van der Waals surface area contributed by atoms with Crippen LogP contribution in [-0.2, 0) is 0 Å². The van der Waals surface area contributed by atoms with E-state index >= 15 is 0 Å². The lowest BCUT2D eigenvalue weighted by Gasteiger charge is -2.10. The average molecular weight is 427 g/mol. The van der Waals surface area contributed by atoms with Crippen LogP contribution in [0.4, 0.5) is 11.5 Å². The maximum absolute atomic E-state index is 12.5. The van der Waals surface area contributed by atoms with Gasteiger partial charge in [-0.15, -0.1) is 0 Å². The molecule has 0 atom stereocenters. The molecular formula is C22H26N4O3S. The minimum Gasteiger partial charge on any atom is -0.494 e. The van der Waals surface area contributed by atoms with Gasteiger partial charge in [0.1, 0.15) is 17.2 Å². The number of rotatable bonds is 8. The molecule has 7 nitrogen and oxygen atoms in total. The van der Waals surface area contributed by atoms with Gasteiger partial charge in [-0.1, -0.05) is 19.8 Å². The second-order valence-corrected chi connectivity index (χ2v) is 7.45. The van der Waals surface area contributed by atoms with Gasteiger partial charge in [0, 0.05) is 32.0 Å². The third-order valence-electron chi connectivity index (χ3n) is 4.43. The molecule has 0 fully saturated rings. The number of fused-ring (bicyclic) bond motifs is 1. The zero-order chi connectivity index (χ0) is 21.5. The number of thiocarbonyl (C=S) groups is 1. The van der Waals surface area contributed by atoms with Gasteiger partial charge in [-0.25, -0.2) is 4.98 Å². The highest BCUT2D eigenvalue weighted by atomic mass is 32.1. The summed E-state index contributed by atoms with van der Waals surface area (Å²) in [6, 6.07) is 10.8. The number of ether oxygens (including phenoxy) is 1. The fraction of sp³-hybridized carbons (Fsp3) is 0.318. The van der Waals surface area contributed by atoms with Gasteiger partial charge in [0.15, 0.2) is 10.9 Å². The van der Waals surface area contributed by atoms with Crippen LogP contribution in [0.15, 0.2) is 47.0 Å². The largest absolute Gasteiger partial charge is 0.494 e. The van der Waals surface area contributed by atoms with Crippen molar-refractivity contribution in [2.24, 2.45) is 0 Å². The highest BCUT2D eigenvalue weighted by Crippen LogP contribution is 2.26. The molecule has 0 aliphatic rings. The second-order valence-electron chi connectivity index (χ2n) is 7.04. The van der Waals surface area contributed by atoms with Crippen molar-refractivity contribution < 1.29 is 13.9 Å². The summed E-state index contributed by atoms with van der Waals surface area (Å²) >= 11 is 5.26. The first-order valence-electron chi connectivity index (χ1n) is 9.89. The Kier molecular flexibility index (Phi) is 7.24. The number of carbonyl (C=O) groups is 1. The molecule has 2 N–H and O–H groups in total. The standard InChI is InChI=1S/C22H26N4O3S/c1-4-5-6-13-28-16-9-7-15(8-10-16)24-22(30)25-21(27)19-14-17-18(29-19)11-12-23-20(17)26(2)3/h7-12,14H,4-6,13H2,1-3H3,(H2,24,25,27,30). The first kappa shape index (κ1) is 21.6. The Morgan fingerprint density at radius 1 is 1.20 bits per heavy atom. The van der Waals surface area contributed by atoms with Crippen LogP contribution in [0.5, 0.6) is 5.75 Å². The number of hydrogen-bond donors (Lipinski definition) is 2. The van der Waals surface area contributed by atoms with Crippen LogP contribution >= 0.6 is 12.2 Å². The predicted molar refractivity (Wildman–Crippen MR) is 123 cm³/mol. The van der Waals surface area contributed by atoms with E-state index in [0.717, 1.165) is 41.9 Å². The van der Waals surface area contributed by atoms with Gasteiger partial charge in [-0.3, -0.25) is 10.1 Å². The summed E-state index contributed by atoms with van der Waals surface area (Å²) in [7, 11) is 3.77. The number of aromatic nitrogens is 1. The lowest BCUT2D eigenvalue weighted by molar-refractivity contribution is 0.0953. The number of unbranched alkanes of at least 4 members (excludes halogenated alkanes) is 2. The maximum atomic E-state index is 12.5. The molecule has 0 bridgehead atoms. The fourth-order valence-corrected chi connectivity index (χ4v) is 3.13. The van der Waals surface area contributed by atoms with Gasteiger partial charge in [0.2, 0.25) is 0 Å². The Labute approximate surface area is 181 Å². The summed E-state index contributed by atoms with van der Waals surface area (Å²) in [5, 5.41) is 6.58. The molecule has 30 heavy (non-hydrogen) atoms. The molecule has 3 rings (SSSR count). The summed E-state index contributed by atoms with van der Waals surface area (Å²) < 4.78 is 11.4. The number of amides is 1. The number of nitrogens with one attached hydrogen (secondary N) is 2. The van der Waals surface area contributed by atoms with Crippen LogP contribution in [0.2, 0.25) is 0 Å². The summed E-state index contributed by atoms with van der Waals surface area (Å²) in [5.41, 5.74) is 1.34. The van der Waals surface area contributed by atoms with E-state index in [1.807, 2.05) is 43.3 Å². The van der Waals surface area contributed by atoms with Gasteiger partial charge in [-0.2, -0.15) is 0 Å². The average Bonchev–Trinajstić information content (AvgIpc) is 3.16. The minimum absolute atomic E-state index is 0.168. The van der Waals surface area contributed by atoms with Crippen molar-refractivity contribution in [3.8, 4) is 5.75 Å². The quantitative estimate of drug-likeness (QED) is 0.403. The van der Waals surface area contributed by atoms with Crippen LogP contribution in [-0.4, -0.2) is 36.7 Å². The van der Waals surface area contributed by atoms with E-state index in [-0.39, 0.29) is 10.9 Å². The molecule has 0 spiro atoms. The van der Waals surface area contributed by atoms with Crippen molar-refractivity contribution in [3.63, 3.8) is 0 Å². The molecule has 2 aromatic heterocycles. The number of pyridine rings is 1. The molecule has 0 unspecified atom stereocenters. The molecular weight excluding hydrogens is 400 g/mol. The third-order valence-corrected chi connectivity index (χ3v) is 4.63. The molecule has 1 amide bonds. The van der Waals surface area contributed by atoms with Gasteiger partial charge in [0.05, 0.1) is 12.0 Å². The van der Waals surface area contributed by atoms with E-state index in [2.05, 4.69) is 22.5 Å². The van der Waals surface area contributed by atoms with Crippen molar-refractivity contribution in [1.29, 1.82) is 0 Å². The summed E-state index contributed by atoms with van der Waals surface area (Å²) in [4.78, 5) is 18.7. The number of benzene rings is 1. The van der Waals surface area contributed by atoms with Crippen molar-refractivity contribution in [2.45, 2.75) is 26.2 Å². The molecule has 0 aliphatic carbocycles. The molecule has 0 saturated carbocycles. The molecule has 158 valence electrons. The topological polar surface area (TPSA) is 79.6 Å². The predicted octanol–water partition coefficient (Wildman–Crippen LogP) is 4.59. The van der Waals surface area contributed by atoms with Gasteiger partial charge >= 0.3 is 0 Å². The smallest absolute Gasteiger partial charge is 0.293 e. The normalized spacial score (nSPS) is 10.6. The number of anilines is 2. The lowest BCUT2D eigenvalue weighted by Crippen LogP contribution is -2.33. The lowest BCUT2D eigenvalue weighted by atomic mass is 10.2. The molecule has 2 heterocycles. The Morgan fingerprint density at radius 3 is 2.67 bits per heavy atom. The maximum Gasteiger partial charge on any atom is 0.293 e. The number of carbonyl (C=O) groups excluding carboxylic acids is 1.